The molecule has 1 saturated heterocycles. The lowest BCUT2D eigenvalue weighted by molar-refractivity contribution is -0.158. The molecule has 6 heteroatoms. The van der Waals surface area contributed by atoms with Crippen LogP contribution in [0.5, 0.6) is 0 Å². The second kappa shape index (κ2) is 6.96. The van der Waals surface area contributed by atoms with Crippen molar-refractivity contribution in [2.24, 2.45) is 30.2 Å². The summed E-state index contributed by atoms with van der Waals surface area (Å²) in [6.45, 7) is 1.67. The van der Waals surface area contributed by atoms with Gasteiger partial charge in [0, 0.05) is 32.1 Å². The fourth-order valence-corrected chi connectivity index (χ4v) is 8.33. The number of nitrogens with zero attached hydrogens (tertiary/aromatic N) is 4. The second-order valence-corrected chi connectivity index (χ2v) is 11.3. The molecule has 4 bridgehead atoms. The van der Waals surface area contributed by atoms with Crippen molar-refractivity contribution in [3.8, 4) is 0 Å². The Labute approximate surface area is 179 Å². The minimum Gasteiger partial charge on any atom is -0.342 e. The van der Waals surface area contributed by atoms with Crippen LogP contribution >= 0.6 is 0 Å². The van der Waals surface area contributed by atoms with Crippen molar-refractivity contribution in [3.05, 3.63) is 16.3 Å². The molecule has 30 heavy (non-hydrogen) atoms. The smallest absolute Gasteiger partial charge is 0.342 e. The van der Waals surface area contributed by atoms with Gasteiger partial charge in [-0.15, -0.1) is 0 Å². The molecule has 164 valence electrons. The number of amides is 1. The maximum atomic E-state index is 13.7. The number of aromatic nitrogens is 3. The summed E-state index contributed by atoms with van der Waals surface area (Å²) in [6.07, 6.45) is 14.1. The van der Waals surface area contributed by atoms with Gasteiger partial charge in [0.05, 0.1) is 5.41 Å². The predicted octanol–water partition coefficient (Wildman–Crippen LogP) is 3.62. The third kappa shape index (κ3) is 2.92. The molecule has 6 aliphatic rings. The normalized spacial score (nSPS) is 36.7. The second-order valence-electron chi connectivity index (χ2n) is 11.3. The molecule has 7 rings (SSSR count). The Balaban J connectivity index is 1.17. The number of carbonyl (C=O) groups is 1. The summed E-state index contributed by atoms with van der Waals surface area (Å²) in [6, 6.07) is 0.327. The van der Waals surface area contributed by atoms with Crippen molar-refractivity contribution in [3.63, 3.8) is 0 Å². The molecule has 5 saturated carbocycles. The van der Waals surface area contributed by atoms with Gasteiger partial charge in [0.2, 0.25) is 5.91 Å². The molecule has 1 amide bonds. The largest absolute Gasteiger partial charge is 0.345 e. The minimum absolute atomic E-state index is 0.0292. The lowest BCUT2D eigenvalue weighted by atomic mass is 9.49. The van der Waals surface area contributed by atoms with Crippen LogP contribution in [0.2, 0.25) is 0 Å². The first-order valence-electron chi connectivity index (χ1n) is 12.5. The first-order valence-corrected chi connectivity index (χ1v) is 12.5. The number of likely N-dealkylation sites (tertiary alicyclic amines) is 1. The standard InChI is InChI=1S/C24H36N4O2/c1-26-23(30)28(20-4-2-3-5-20)21(25-26)19-6-8-27(9-7-19)22(29)24-13-16-10-17(14-24)12-18(11-16)15-24/h16-20H,2-15H2,1H3. The predicted molar refractivity (Wildman–Crippen MR) is 114 cm³/mol. The highest BCUT2D eigenvalue weighted by Crippen LogP contribution is 2.60. The Hall–Kier alpha value is -1.59. The Morgan fingerprint density at radius 1 is 0.933 bits per heavy atom. The van der Waals surface area contributed by atoms with Gasteiger partial charge in [0.1, 0.15) is 5.82 Å². The molecular weight excluding hydrogens is 376 g/mol. The quantitative estimate of drug-likeness (QED) is 0.762. The summed E-state index contributed by atoms with van der Waals surface area (Å²) in [7, 11) is 1.78. The van der Waals surface area contributed by atoms with Crippen LogP contribution in [0.25, 0.3) is 0 Å². The third-order valence-corrected chi connectivity index (χ3v) is 9.31. The molecule has 6 nitrogen and oxygen atoms in total. The molecule has 0 spiro atoms. The van der Waals surface area contributed by atoms with Gasteiger partial charge in [0.15, 0.2) is 0 Å². The highest BCUT2D eigenvalue weighted by molar-refractivity contribution is 5.83. The highest BCUT2D eigenvalue weighted by Gasteiger charge is 2.55. The molecule has 1 aliphatic heterocycles. The lowest BCUT2D eigenvalue weighted by Gasteiger charge is -2.57. The van der Waals surface area contributed by atoms with E-state index in [1.807, 2.05) is 4.57 Å². The van der Waals surface area contributed by atoms with E-state index >= 15 is 0 Å². The maximum absolute atomic E-state index is 13.7. The number of aryl methyl sites for hydroxylation is 1. The zero-order valence-electron chi connectivity index (χ0n) is 18.4. The molecule has 0 aromatic carbocycles. The minimum atomic E-state index is -0.0292. The zero-order chi connectivity index (χ0) is 20.5. The first-order chi connectivity index (χ1) is 14.5. The van der Waals surface area contributed by atoms with E-state index in [0.29, 0.717) is 17.9 Å². The summed E-state index contributed by atoms with van der Waals surface area (Å²) in [5.41, 5.74) is 0.0161. The van der Waals surface area contributed by atoms with E-state index in [2.05, 4.69) is 10.00 Å². The van der Waals surface area contributed by atoms with E-state index in [1.54, 1.807) is 7.05 Å². The van der Waals surface area contributed by atoms with E-state index in [1.165, 1.54) is 36.8 Å². The fourth-order valence-electron chi connectivity index (χ4n) is 8.33. The number of carbonyl (C=O) groups excluding carboxylic acids is 1. The van der Waals surface area contributed by atoms with Crippen LogP contribution in [0.15, 0.2) is 4.79 Å². The molecule has 1 aromatic heterocycles. The summed E-state index contributed by atoms with van der Waals surface area (Å²) in [5.74, 6) is 4.19. The maximum Gasteiger partial charge on any atom is 0.345 e. The molecule has 6 fully saturated rings. The number of piperidine rings is 1. The average Bonchev–Trinajstić information content (AvgIpc) is 3.35. The van der Waals surface area contributed by atoms with Crippen molar-refractivity contribution in [2.45, 2.75) is 89.0 Å². The Morgan fingerprint density at radius 3 is 2.07 bits per heavy atom. The Morgan fingerprint density at radius 2 is 1.50 bits per heavy atom. The summed E-state index contributed by atoms with van der Waals surface area (Å²) in [4.78, 5) is 28.6. The van der Waals surface area contributed by atoms with Crippen LogP contribution < -0.4 is 5.69 Å². The molecule has 0 radical (unpaired) electrons. The molecule has 0 unspecified atom stereocenters. The van der Waals surface area contributed by atoms with Gasteiger partial charge < -0.3 is 4.90 Å². The summed E-state index contributed by atoms with van der Waals surface area (Å²) < 4.78 is 3.54. The monoisotopic (exact) mass is 412 g/mol. The van der Waals surface area contributed by atoms with Crippen LogP contribution in [-0.4, -0.2) is 38.2 Å². The average molecular weight is 413 g/mol. The summed E-state index contributed by atoms with van der Waals surface area (Å²) >= 11 is 0. The van der Waals surface area contributed by atoms with Crippen molar-refractivity contribution in [1.82, 2.24) is 19.2 Å². The van der Waals surface area contributed by atoms with Gasteiger partial charge in [-0.05, 0) is 82.0 Å². The van der Waals surface area contributed by atoms with Gasteiger partial charge in [-0.3, -0.25) is 9.36 Å². The molecule has 1 aromatic rings. The molecule has 5 aliphatic carbocycles. The van der Waals surface area contributed by atoms with Gasteiger partial charge in [-0.1, -0.05) is 12.8 Å². The van der Waals surface area contributed by atoms with Crippen molar-refractivity contribution >= 4 is 5.91 Å². The fraction of sp³-hybridized carbons (Fsp3) is 0.875. The number of hydrogen-bond donors (Lipinski definition) is 0. The van der Waals surface area contributed by atoms with Gasteiger partial charge >= 0.3 is 5.69 Å². The SMILES string of the molecule is Cn1nc(C2CCN(C(=O)C34CC5CC(CC(C5)C3)C4)CC2)n(C2CCCC2)c1=O. The molecule has 0 atom stereocenters. The van der Waals surface area contributed by atoms with Crippen LogP contribution in [0.4, 0.5) is 0 Å². The van der Waals surface area contributed by atoms with Crippen molar-refractivity contribution < 1.29 is 4.79 Å². The first kappa shape index (κ1) is 19.1. The van der Waals surface area contributed by atoms with E-state index < -0.39 is 0 Å². The zero-order valence-corrected chi connectivity index (χ0v) is 18.4. The van der Waals surface area contributed by atoms with E-state index in [-0.39, 0.29) is 11.1 Å². The van der Waals surface area contributed by atoms with Gasteiger partial charge in [-0.2, -0.15) is 5.10 Å². The lowest BCUT2D eigenvalue weighted by Crippen LogP contribution is -2.55. The van der Waals surface area contributed by atoms with Crippen LogP contribution in [0.3, 0.4) is 0 Å². The van der Waals surface area contributed by atoms with Crippen LogP contribution in [0.1, 0.15) is 94.8 Å². The van der Waals surface area contributed by atoms with E-state index in [9.17, 15) is 9.59 Å². The third-order valence-electron chi connectivity index (χ3n) is 9.31. The Kier molecular flexibility index (Phi) is 4.44. The van der Waals surface area contributed by atoms with Crippen molar-refractivity contribution in [1.29, 1.82) is 0 Å². The van der Waals surface area contributed by atoms with Gasteiger partial charge in [0.25, 0.3) is 0 Å². The van der Waals surface area contributed by atoms with E-state index in [4.69, 9.17) is 0 Å². The van der Waals surface area contributed by atoms with E-state index in [0.717, 1.165) is 81.6 Å². The number of rotatable bonds is 3. The molecular formula is C24H36N4O2. The van der Waals surface area contributed by atoms with Crippen LogP contribution in [0, 0.1) is 23.2 Å². The highest BCUT2D eigenvalue weighted by atomic mass is 16.2. The van der Waals surface area contributed by atoms with Gasteiger partial charge in [-0.25, -0.2) is 9.48 Å². The summed E-state index contributed by atoms with van der Waals surface area (Å²) in [5, 5.41) is 4.67. The molecule has 2 heterocycles. The number of hydrogen-bond acceptors (Lipinski definition) is 3. The van der Waals surface area contributed by atoms with Crippen molar-refractivity contribution in [2.75, 3.05) is 13.1 Å². The Bertz CT molecular complexity index is 850. The molecule has 0 N–H and O–H groups in total. The topological polar surface area (TPSA) is 60.1 Å². The van der Waals surface area contributed by atoms with Crippen LogP contribution in [-0.2, 0) is 11.8 Å².